The average Bonchev–Trinajstić information content (AvgIpc) is 2.93. The number of rotatable bonds is 8. The molecule has 0 saturated carbocycles. The normalized spacial score (nSPS) is 13.6. The number of esters is 1. The van der Waals surface area contributed by atoms with Gasteiger partial charge < -0.3 is 28.6 Å². The highest BCUT2D eigenvalue weighted by molar-refractivity contribution is 5.89. The number of nitrogens with zero attached hydrogens (tertiary/aromatic N) is 2. The van der Waals surface area contributed by atoms with Crippen molar-refractivity contribution in [2.24, 2.45) is 0 Å². The van der Waals surface area contributed by atoms with Crippen LogP contribution < -0.4 is 18.9 Å². The fourth-order valence-electron chi connectivity index (χ4n) is 3.76. The smallest absolute Gasteiger partial charge is 0.415 e. The van der Waals surface area contributed by atoms with Gasteiger partial charge in [-0.25, -0.2) is 9.59 Å². The van der Waals surface area contributed by atoms with E-state index in [9.17, 15) is 9.59 Å². The summed E-state index contributed by atoms with van der Waals surface area (Å²) in [6.07, 6.45) is 3.57. The molecule has 1 aromatic heterocycles. The molecule has 4 rings (SSSR count). The molecule has 9 heteroatoms. The number of aromatic nitrogens is 1. The van der Waals surface area contributed by atoms with Gasteiger partial charge in [-0.05, 0) is 48.0 Å². The lowest BCUT2D eigenvalue weighted by atomic mass is 10.1. The van der Waals surface area contributed by atoms with Crippen LogP contribution in [0.3, 0.4) is 0 Å². The predicted molar refractivity (Wildman–Crippen MR) is 131 cm³/mol. The molecule has 0 N–H and O–H groups in total. The molecule has 36 heavy (non-hydrogen) atoms. The molecule has 1 amide bonds. The van der Waals surface area contributed by atoms with Gasteiger partial charge in [0.1, 0.15) is 30.0 Å². The quantitative estimate of drug-likeness (QED) is 0.424. The minimum atomic E-state index is -0.546. The van der Waals surface area contributed by atoms with Gasteiger partial charge in [0.2, 0.25) is 0 Å². The number of hydrogen-bond donors (Lipinski definition) is 0. The van der Waals surface area contributed by atoms with Crippen LogP contribution in [-0.4, -0.2) is 55.4 Å². The number of ether oxygens (including phenoxy) is 5. The van der Waals surface area contributed by atoms with E-state index in [2.05, 4.69) is 9.72 Å². The number of carbonyl (C=O) groups excluding carboxylic acids is 2. The number of hydrogen-bond acceptors (Lipinski definition) is 8. The number of carbonyl (C=O) groups is 2. The van der Waals surface area contributed by atoms with Gasteiger partial charge in [0.15, 0.2) is 5.75 Å². The molecule has 1 aliphatic rings. The van der Waals surface area contributed by atoms with Crippen molar-refractivity contribution in [1.82, 2.24) is 9.88 Å². The van der Waals surface area contributed by atoms with Gasteiger partial charge in [-0.3, -0.25) is 4.98 Å². The van der Waals surface area contributed by atoms with E-state index in [4.69, 9.17) is 18.9 Å². The van der Waals surface area contributed by atoms with E-state index in [1.165, 1.54) is 25.6 Å². The number of piperidine rings is 1. The van der Waals surface area contributed by atoms with Crippen LogP contribution in [0.25, 0.3) is 0 Å². The zero-order chi connectivity index (χ0) is 25.3. The number of pyridine rings is 1. The minimum Gasteiger partial charge on any atom is -0.497 e. The van der Waals surface area contributed by atoms with Crippen molar-refractivity contribution in [3.8, 4) is 23.0 Å². The van der Waals surface area contributed by atoms with Crippen LogP contribution in [0.2, 0.25) is 0 Å². The molecule has 9 nitrogen and oxygen atoms in total. The molecule has 1 saturated heterocycles. The summed E-state index contributed by atoms with van der Waals surface area (Å²) in [4.78, 5) is 29.7. The fraction of sp³-hybridized carbons (Fsp3) is 0.296. The molecule has 2 heterocycles. The molecule has 0 bridgehead atoms. The third kappa shape index (κ3) is 6.65. The average molecular weight is 493 g/mol. The van der Waals surface area contributed by atoms with Gasteiger partial charge >= 0.3 is 12.1 Å². The summed E-state index contributed by atoms with van der Waals surface area (Å²) in [5.74, 6) is 1.93. The van der Waals surface area contributed by atoms with Gasteiger partial charge in [-0.15, -0.1) is 0 Å². The van der Waals surface area contributed by atoms with E-state index in [0.29, 0.717) is 32.5 Å². The van der Waals surface area contributed by atoms with Crippen molar-refractivity contribution in [2.75, 3.05) is 27.3 Å². The Morgan fingerprint density at radius 3 is 2.39 bits per heavy atom. The van der Waals surface area contributed by atoms with Crippen LogP contribution >= 0.6 is 0 Å². The Morgan fingerprint density at radius 2 is 1.67 bits per heavy atom. The van der Waals surface area contributed by atoms with Crippen molar-refractivity contribution in [2.45, 2.75) is 25.6 Å². The second kappa shape index (κ2) is 11.9. The molecule has 2 aromatic carbocycles. The summed E-state index contributed by atoms with van der Waals surface area (Å²) < 4.78 is 27.2. The second-order valence-electron chi connectivity index (χ2n) is 8.18. The summed E-state index contributed by atoms with van der Waals surface area (Å²) in [5, 5.41) is 0. The first kappa shape index (κ1) is 24.8. The summed E-state index contributed by atoms with van der Waals surface area (Å²) in [5.41, 5.74) is 1.24. The zero-order valence-electron chi connectivity index (χ0n) is 20.2. The van der Waals surface area contributed by atoms with Crippen molar-refractivity contribution in [3.05, 3.63) is 78.1 Å². The zero-order valence-corrected chi connectivity index (χ0v) is 20.2. The summed E-state index contributed by atoms with van der Waals surface area (Å²) in [7, 11) is 2.92. The maximum atomic E-state index is 12.5. The lowest BCUT2D eigenvalue weighted by molar-refractivity contribution is 0.0599. The Hall–Kier alpha value is -4.27. The van der Waals surface area contributed by atoms with E-state index in [1.807, 2.05) is 48.5 Å². The summed E-state index contributed by atoms with van der Waals surface area (Å²) >= 11 is 0. The third-order valence-electron chi connectivity index (χ3n) is 5.71. The maximum absolute atomic E-state index is 12.5. The third-order valence-corrected chi connectivity index (χ3v) is 5.71. The van der Waals surface area contributed by atoms with Crippen molar-refractivity contribution >= 4 is 12.1 Å². The summed E-state index contributed by atoms with van der Waals surface area (Å²) in [6, 6.07) is 16.7. The van der Waals surface area contributed by atoms with Gasteiger partial charge in [0.25, 0.3) is 0 Å². The second-order valence-corrected chi connectivity index (χ2v) is 8.18. The van der Waals surface area contributed by atoms with Gasteiger partial charge in [0.05, 0.1) is 26.0 Å². The first-order valence-electron chi connectivity index (χ1n) is 11.6. The minimum absolute atomic E-state index is 0.0121. The summed E-state index contributed by atoms with van der Waals surface area (Å²) in [6.45, 7) is 1.43. The Balaban J connectivity index is 1.22. The monoisotopic (exact) mass is 492 g/mol. The van der Waals surface area contributed by atoms with Gasteiger partial charge in [-0.1, -0.05) is 12.1 Å². The highest BCUT2D eigenvalue weighted by atomic mass is 16.6. The maximum Gasteiger partial charge on any atom is 0.415 e. The first-order valence-corrected chi connectivity index (χ1v) is 11.6. The molecule has 1 fully saturated rings. The van der Waals surface area contributed by atoms with E-state index < -0.39 is 12.1 Å². The predicted octanol–water partition coefficient (Wildman–Crippen LogP) is 4.50. The fourth-order valence-corrected chi connectivity index (χ4v) is 3.76. The number of benzene rings is 2. The Kier molecular flexibility index (Phi) is 8.23. The van der Waals surface area contributed by atoms with E-state index >= 15 is 0 Å². The Labute approximate surface area is 209 Å². The largest absolute Gasteiger partial charge is 0.497 e. The molecule has 0 spiro atoms. The van der Waals surface area contributed by atoms with Crippen LogP contribution in [0.4, 0.5) is 4.79 Å². The lowest BCUT2D eigenvalue weighted by Crippen LogP contribution is -2.43. The van der Waals surface area contributed by atoms with Crippen LogP contribution in [0.15, 0.2) is 67.0 Å². The number of amides is 1. The van der Waals surface area contributed by atoms with Crippen LogP contribution in [-0.2, 0) is 11.3 Å². The van der Waals surface area contributed by atoms with Crippen molar-refractivity contribution in [1.29, 1.82) is 0 Å². The Bertz CT molecular complexity index is 1170. The molecule has 0 radical (unpaired) electrons. The van der Waals surface area contributed by atoms with Crippen LogP contribution in [0.1, 0.15) is 28.8 Å². The molecule has 3 aromatic rings. The van der Waals surface area contributed by atoms with Crippen LogP contribution in [0.5, 0.6) is 23.0 Å². The molecular weight excluding hydrogens is 464 g/mol. The molecule has 0 atom stereocenters. The highest BCUT2D eigenvalue weighted by Crippen LogP contribution is 2.24. The standard InChI is InChI=1S/C27H28N2O7/c1-32-24-5-3-4-19(14-24)18-34-21-6-8-22(9-7-21)35-23-10-12-29(13-11-23)27(31)36-25-15-20(16-28-17-25)26(30)33-2/h3-9,14-17,23H,10-13,18H2,1-2H3. The molecular formula is C27H28N2O7. The van der Waals surface area contributed by atoms with Gasteiger partial charge in [0, 0.05) is 32.1 Å². The topological polar surface area (TPSA) is 96.4 Å². The molecule has 188 valence electrons. The number of methoxy groups -OCH3 is 2. The highest BCUT2D eigenvalue weighted by Gasteiger charge is 2.25. The molecule has 0 unspecified atom stereocenters. The van der Waals surface area contributed by atoms with E-state index in [1.54, 1.807) is 12.0 Å². The Morgan fingerprint density at radius 1 is 0.917 bits per heavy atom. The molecule has 1 aliphatic heterocycles. The van der Waals surface area contributed by atoms with E-state index in [-0.39, 0.29) is 17.4 Å². The van der Waals surface area contributed by atoms with Crippen molar-refractivity contribution in [3.63, 3.8) is 0 Å². The van der Waals surface area contributed by atoms with Crippen LogP contribution in [0, 0.1) is 0 Å². The van der Waals surface area contributed by atoms with Gasteiger partial charge in [-0.2, -0.15) is 0 Å². The first-order chi connectivity index (χ1) is 17.5. The van der Waals surface area contributed by atoms with Crippen molar-refractivity contribution < 1.29 is 33.3 Å². The number of likely N-dealkylation sites (tertiary alicyclic amines) is 1. The van der Waals surface area contributed by atoms with E-state index in [0.717, 1.165) is 22.8 Å². The SMILES string of the molecule is COC(=O)c1cncc(OC(=O)N2CCC(Oc3ccc(OCc4cccc(OC)c4)cc3)CC2)c1. The molecule has 0 aliphatic carbocycles. The lowest BCUT2D eigenvalue weighted by Gasteiger charge is -2.31.